The van der Waals surface area contributed by atoms with Crippen LogP contribution in [0.5, 0.6) is 17.2 Å². The number of nitrogens with zero attached hydrogens (tertiary/aromatic N) is 3. The number of hydrogen-bond acceptors (Lipinski definition) is 5. The van der Waals surface area contributed by atoms with Crippen LogP contribution in [0.15, 0.2) is 48.7 Å². The van der Waals surface area contributed by atoms with E-state index in [0.717, 1.165) is 22.6 Å². The molecule has 3 aromatic rings. The third-order valence-electron chi connectivity index (χ3n) is 6.53. The van der Waals surface area contributed by atoms with Crippen molar-refractivity contribution in [2.75, 3.05) is 26.3 Å². The highest BCUT2D eigenvalue weighted by atomic mass is 16.6. The van der Waals surface area contributed by atoms with Crippen molar-refractivity contribution in [1.82, 2.24) is 14.7 Å². The lowest BCUT2D eigenvalue weighted by molar-refractivity contribution is -0.00188. The minimum absolute atomic E-state index is 0.0279. The molecule has 4 heterocycles. The van der Waals surface area contributed by atoms with E-state index in [1.807, 2.05) is 59.2 Å². The van der Waals surface area contributed by atoms with E-state index in [4.69, 9.17) is 14.2 Å². The first-order valence-corrected chi connectivity index (χ1v) is 10.7. The van der Waals surface area contributed by atoms with Gasteiger partial charge < -0.3 is 19.1 Å². The number of likely N-dealkylation sites (tertiary alicyclic amines) is 1. The Labute approximate surface area is 180 Å². The summed E-state index contributed by atoms with van der Waals surface area (Å²) in [6, 6.07) is 13.6. The number of carbonyl (C=O) groups is 1. The van der Waals surface area contributed by atoms with Crippen LogP contribution in [-0.2, 0) is 12.6 Å². The van der Waals surface area contributed by atoms with Crippen LogP contribution in [0.4, 0.5) is 0 Å². The predicted molar refractivity (Wildman–Crippen MR) is 114 cm³/mol. The van der Waals surface area contributed by atoms with Crippen molar-refractivity contribution in [1.29, 1.82) is 0 Å². The Morgan fingerprint density at radius 1 is 1.00 bits per heavy atom. The van der Waals surface area contributed by atoms with E-state index in [-0.39, 0.29) is 5.91 Å². The van der Waals surface area contributed by atoms with Gasteiger partial charge in [0.25, 0.3) is 5.91 Å². The average molecular weight is 417 g/mol. The molecule has 158 valence electrons. The summed E-state index contributed by atoms with van der Waals surface area (Å²) in [6.07, 6.45) is 3.33. The number of aryl methyl sites for hydroxylation is 1. The minimum atomic E-state index is -0.468. The molecule has 6 rings (SSSR count). The first kappa shape index (κ1) is 18.3. The number of ether oxygens (including phenoxy) is 3. The van der Waals surface area contributed by atoms with E-state index in [2.05, 4.69) is 11.2 Å². The Morgan fingerprint density at radius 3 is 2.65 bits per heavy atom. The Kier molecular flexibility index (Phi) is 4.00. The second-order valence-corrected chi connectivity index (χ2v) is 8.24. The van der Waals surface area contributed by atoms with Crippen molar-refractivity contribution in [2.45, 2.75) is 18.4 Å². The zero-order valence-corrected chi connectivity index (χ0v) is 17.3. The molecule has 1 saturated heterocycles. The molecule has 0 aliphatic carbocycles. The number of amides is 1. The lowest BCUT2D eigenvalue weighted by atomic mass is 9.81. The maximum atomic E-state index is 13.3. The highest BCUT2D eigenvalue weighted by Crippen LogP contribution is 2.49. The van der Waals surface area contributed by atoms with E-state index < -0.39 is 5.60 Å². The second kappa shape index (κ2) is 6.77. The Bertz CT molecular complexity index is 1180. The van der Waals surface area contributed by atoms with Crippen molar-refractivity contribution in [2.24, 2.45) is 7.05 Å². The first-order valence-electron chi connectivity index (χ1n) is 10.7. The molecule has 0 unspecified atom stereocenters. The summed E-state index contributed by atoms with van der Waals surface area (Å²) in [4.78, 5) is 15.2. The monoisotopic (exact) mass is 417 g/mol. The van der Waals surface area contributed by atoms with Gasteiger partial charge in [-0.15, -0.1) is 0 Å². The summed E-state index contributed by atoms with van der Waals surface area (Å²) < 4.78 is 19.9. The molecule has 0 atom stereocenters. The lowest BCUT2D eigenvalue weighted by Gasteiger charge is -2.44. The topological polar surface area (TPSA) is 65.8 Å². The molecule has 31 heavy (non-hydrogen) atoms. The molecular formula is C24H23N3O4. The van der Waals surface area contributed by atoms with Crippen molar-refractivity contribution < 1.29 is 19.0 Å². The molecule has 3 aliphatic heterocycles. The second-order valence-electron chi connectivity index (χ2n) is 8.24. The zero-order chi connectivity index (χ0) is 21.0. The molecule has 2 aromatic carbocycles. The summed E-state index contributed by atoms with van der Waals surface area (Å²) in [7, 11) is 1.97. The molecule has 0 N–H and O–H groups in total. The van der Waals surface area contributed by atoms with Gasteiger partial charge in [0.2, 0.25) is 0 Å². The highest BCUT2D eigenvalue weighted by molar-refractivity contribution is 5.98. The van der Waals surface area contributed by atoms with E-state index in [1.165, 1.54) is 0 Å². The van der Waals surface area contributed by atoms with Gasteiger partial charge in [-0.05, 0) is 24.3 Å². The van der Waals surface area contributed by atoms with Gasteiger partial charge in [-0.3, -0.25) is 9.48 Å². The lowest BCUT2D eigenvalue weighted by Crippen LogP contribution is -2.49. The summed E-state index contributed by atoms with van der Waals surface area (Å²) in [5.74, 6) is 2.04. The maximum absolute atomic E-state index is 13.3. The molecule has 0 saturated carbocycles. The highest BCUT2D eigenvalue weighted by Gasteiger charge is 2.46. The van der Waals surface area contributed by atoms with Gasteiger partial charge in [0, 0.05) is 44.1 Å². The van der Waals surface area contributed by atoms with Gasteiger partial charge in [-0.2, -0.15) is 5.10 Å². The van der Waals surface area contributed by atoms with Gasteiger partial charge in [0.15, 0.2) is 11.5 Å². The quantitative estimate of drug-likeness (QED) is 0.607. The Hall–Kier alpha value is -3.48. The first-order chi connectivity index (χ1) is 15.2. The summed E-state index contributed by atoms with van der Waals surface area (Å²) in [5.41, 5.74) is 3.36. The number of carbonyl (C=O) groups excluding carboxylic acids is 1. The van der Waals surface area contributed by atoms with Gasteiger partial charge in [-0.1, -0.05) is 18.2 Å². The van der Waals surface area contributed by atoms with Crippen LogP contribution in [0.2, 0.25) is 0 Å². The SMILES string of the molecule is Cn1ncc2c1-c1ccccc1OC21CCN(C(=O)c2cccc3c2OCCO3)CC1. The summed E-state index contributed by atoms with van der Waals surface area (Å²) in [6.45, 7) is 2.15. The van der Waals surface area contributed by atoms with Crippen LogP contribution in [0.3, 0.4) is 0 Å². The summed E-state index contributed by atoms with van der Waals surface area (Å²) in [5, 5.41) is 4.52. The van der Waals surface area contributed by atoms with E-state index in [1.54, 1.807) is 0 Å². The standard InChI is InChI=1S/C24H23N3O4/c1-26-21-16-5-2-3-7-19(16)31-24(18(21)15-25-26)9-11-27(12-10-24)23(28)17-6-4-8-20-22(17)30-14-13-29-20/h2-8,15H,9-14H2,1H3. The Morgan fingerprint density at radius 2 is 1.77 bits per heavy atom. The molecule has 1 fully saturated rings. The van der Waals surface area contributed by atoms with Gasteiger partial charge in [-0.25, -0.2) is 0 Å². The van der Waals surface area contributed by atoms with Crippen molar-refractivity contribution in [3.8, 4) is 28.5 Å². The van der Waals surface area contributed by atoms with Crippen molar-refractivity contribution in [3.05, 3.63) is 59.8 Å². The van der Waals surface area contributed by atoms with Crippen molar-refractivity contribution >= 4 is 5.91 Å². The van der Waals surface area contributed by atoms with Crippen LogP contribution in [0.25, 0.3) is 11.3 Å². The normalized spacial score (nSPS) is 18.2. The number of fused-ring (bicyclic) bond motifs is 5. The van der Waals surface area contributed by atoms with Crippen LogP contribution < -0.4 is 14.2 Å². The zero-order valence-electron chi connectivity index (χ0n) is 17.3. The number of rotatable bonds is 1. The molecule has 0 radical (unpaired) electrons. The maximum Gasteiger partial charge on any atom is 0.257 e. The summed E-state index contributed by atoms with van der Waals surface area (Å²) >= 11 is 0. The molecule has 7 heteroatoms. The van der Waals surface area contributed by atoms with E-state index in [0.29, 0.717) is 56.2 Å². The molecule has 0 bridgehead atoms. The number of hydrogen-bond donors (Lipinski definition) is 0. The van der Waals surface area contributed by atoms with Crippen LogP contribution >= 0.6 is 0 Å². The molecule has 3 aliphatic rings. The van der Waals surface area contributed by atoms with Crippen LogP contribution in [0, 0.1) is 0 Å². The fourth-order valence-corrected chi connectivity index (χ4v) is 4.96. The third kappa shape index (κ3) is 2.72. The fraction of sp³-hybridized carbons (Fsp3) is 0.333. The average Bonchev–Trinajstić information content (AvgIpc) is 3.22. The number of aromatic nitrogens is 2. The van der Waals surface area contributed by atoms with E-state index >= 15 is 0 Å². The molecular weight excluding hydrogens is 394 g/mol. The minimum Gasteiger partial charge on any atom is -0.486 e. The Balaban J connectivity index is 1.29. The number of para-hydroxylation sites is 2. The number of piperidine rings is 1. The molecule has 1 spiro atoms. The van der Waals surface area contributed by atoms with E-state index in [9.17, 15) is 4.79 Å². The molecule has 1 amide bonds. The number of benzene rings is 2. The molecule has 1 aromatic heterocycles. The van der Waals surface area contributed by atoms with Crippen molar-refractivity contribution in [3.63, 3.8) is 0 Å². The van der Waals surface area contributed by atoms with Gasteiger partial charge in [0.05, 0.1) is 17.5 Å². The smallest absolute Gasteiger partial charge is 0.257 e. The predicted octanol–water partition coefficient (Wildman–Crippen LogP) is 3.38. The van der Waals surface area contributed by atoms with Gasteiger partial charge in [0.1, 0.15) is 24.6 Å². The third-order valence-corrected chi connectivity index (χ3v) is 6.53. The fourth-order valence-electron chi connectivity index (χ4n) is 4.96. The largest absolute Gasteiger partial charge is 0.486 e. The van der Waals surface area contributed by atoms with Gasteiger partial charge >= 0.3 is 0 Å². The van der Waals surface area contributed by atoms with Crippen LogP contribution in [-0.4, -0.2) is 46.9 Å². The molecule has 7 nitrogen and oxygen atoms in total. The van der Waals surface area contributed by atoms with Crippen LogP contribution in [0.1, 0.15) is 28.8 Å².